The molecule has 192 valence electrons. The number of para-hydroxylation sites is 2. The van der Waals surface area contributed by atoms with Crippen molar-refractivity contribution in [2.75, 3.05) is 20.2 Å². The molecule has 0 radical (unpaired) electrons. The van der Waals surface area contributed by atoms with E-state index in [1.54, 1.807) is 7.11 Å². The molecular formula is C25H31N5O6. The molecule has 1 aromatic carbocycles. The van der Waals surface area contributed by atoms with Gasteiger partial charge in [0, 0.05) is 19.4 Å². The molecule has 3 heterocycles. The first-order valence-corrected chi connectivity index (χ1v) is 12.4. The van der Waals surface area contributed by atoms with Crippen molar-refractivity contribution in [2.24, 2.45) is 11.7 Å². The van der Waals surface area contributed by atoms with E-state index in [1.165, 1.54) is 4.90 Å². The molecule has 2 aliphatic heterocycles. The summed E-state index contributed by atoms with van der Waals surface area (Å²) in [6.07, 6.45) is 2.97. The number of alkyl carbamates (subject to hydrolysis) is 1. The standard InChI is InChI=1S/C25H31N5O6/c1-34-21-15-7-3-2-4-10-18-24(29-17-9-6-5-8-16(17)28-18)35-14-11-19(23(26)32)30(13-14)20(31)12-27-25(33)36-22(15)21/h5-6,8-9,14-15,19,21-22H,2-4,7,10-13H2,1H3,(H2,26,32)(H,27,33). The predicted molar refractivity (Wildman–Crippen MR) is 128 cm³/mol. The number of benzene rings is 1. The summed E-state index contributed by atoms with van der Waals surface area (Å²) in [5, 5.41) is 2.49. The quantitative estimate of drug-likeness (QED) is 0.632. The third-order valence-electron chi connectivity index (χ3n) is 7.17. The number of aromatic nitrogens is 2. The SMILES string of the molecule is COC1C2CCCCCc3nc4ccccc4nc3OC3CC(C(N)=O)N(C3)C(=O)CNC(=O)OC21. The summed E-state index contributed by atoms with van der Waals surface area (Å²) in [6.45, 7) is -0.168. The van der Waals surface area contributed by atoms with E-state index in [4.69, 9.17) is 29.9 Å². The molecule has 2 bridgehead atoms. The summed E-state index contributed by atoms with van der Waals surface area (Å²) in [5.41, 5.74) is 7.85. The second kappa shape index (κ2) is 10.3. The van der Waals surface area contributed by atoms with Crippen LogP contribution in [0.5, 0.6) is 5.88 Å². The topological polar surface area (TPSA) is 146 Å². The summed E-state index contributed by atoms with van der Waals surface area (Å²) >= 11 is 0. The number of hydrogen-bond acceptors (Lipinski definition) is 8. The van der Waals surface area contributed by atoms with Crippen LogP contribution in [0.1, 0.15) is 37.8 Å². The molecule has 11 heteroatoms. The van der Waals surface area contributed by atoms with E-state index in [0.29, 0.717) is 17.8 Å². The number of nitrogens with two attached hydrogens (primary N) is 1. The normalized spacial score (nSPS) is 29.1. The van der Waals surface area contributed by atoms with Crippen LogP contribution in [-0.2, 0) is 25.5 Å². The van der Waals surface area contributed by atoms with Gasteiger partial charge in [0.1, 0.15) is 36.6 Å². The van der Waals surface area contributed by atoms with E-state index in [0.717, 1.165) is 36.9 Å². The number of primary amides is 1. The zero-order chi connectivity index (χ0) is 25.2. The fraction of sp³-hybridized carbons (Fsp3) is 0.560. The number of hydrogen-bond donors (Lipinski definition) is 2. The molecule has 3 aliphatic rings. The Balaban J connectivity index is 1.40. The Kier molecular flexibility index (Phi) is 6.90. The minimum atomic E-state index is -0.843. The van der Waals surface area contributed by atoms with Crippen LogP contribution in [-0.4, -0.2) is 77.3 Å². The lowest BCUT2D eigenvalue weighted by Crippen LogP contribution is -2.47. The fourth-order valence-corrected chi connectivity index (χ4v) is 5.23. The fourth-order valence-electron chi connectivity index (χ4n) is 5.23. The number of carbonyl (C=O) groups excluding carboxylic acids is 3. The van der Waals surface area contributed by atoms with Crippen molar-refractivity contribution in [1.82, 2.24) is 20.2 Å². The lowest BCUT2D eigenvalue weighted by molar-refractivity contribution is -0.136. The highest BCUT2D eigenvalue weighted by atomic mass is 16.6. The summed E-state index contributed by atoms with van der Waals surface area (Å²) < 4.78 is 17.2. The highest BCUT2D eigenvalue weighted by molar-refractivity contribution is 5.89. The third-order valence-corrected chi connectivity index (χ3v) is 7.17. The van der Waals surface area contributed by atoms with Crippen molar-refractivity contribution in [2.45, 2.75) is 62.9 Å². The second-order valence-corrected chi connectivity index (χ2v) is 9.59. The molecule has 2 fully saturated rings. The van der Waals surface area contributed by atoms with Crippen molar-refractivity contribution in [3.05, 3.63) is 30.0 Å². The minimum Gasteiger partial charge on any atom is -0.471 e. The van der Waals surface area contributed by atoms with Crippen LogP contribution in [0.3, 0.4) is 0 Å². The zero-order valence-electron chi connectivity index (χ0n) is 20.2. The molecule has 2 aromatic rings. The van der Waals surface area contributed by atoms with Crippen LogP contribution >= 0.6 is 0 Å². The number of fused-ring (bicyclic) bond motifs is 5. The van der Waals surface area contributed by atoms with Gasteiger partial charge in [0.25, 0.3) is 0 Å². The number of rotatable bonds is 2. The van der Waals surface area contributed by atoms with Crippen molar-refractivity contribution in [3.8, 4) is 5.88 Å². The summed E-state index contributed by atoms with van der Waals surface area (Å²) in [6, 6.07) is 6.75. The maximum absolute atomic E-state index is 12.9. The molecule has 5 rings (SSSR count). The van der Waals surface area contributed by atoms with Crippen molar-refractivity contribution in [1.29, 1.82) is 0 Å². The number of methoxy groups -OCH3 is 1. The van der Waals surface area contributed by atoms with Gasteiger partial charge < -0.3 is 30.2 Å². The monoisotopic (exact) mass is 497 g/mol. The van der Waals surface area contributed by atoms with E-state index in [9.17, 15) is 14.4 Å². The number of nitrogens with zero attached hydrogens (tertiary/aromatic N) is 3. The molecule has 1 saturated heterocycles. The number of nitrogens with one attached hydrogen (secondary N) is 1. The van der Waals surface area contributed by atoms with Gasteiger partial charge in [-0.3, -0.25) is 9.59 Å². The van der Waals surface area contributed by atoms with Crippen molar-refractivity contribution >= 4 is 28.9 Å². The summed E-state index contributed by atoms with van der Waals surface area (Å²) in [4.78, 5) is 48.2. The Labute approximate surface area is 208 Å². The third kappa shape index (κ3) is 5.06. The molecule has 1 aromatic heterocycles. The van der Waals surface area contributed by atoms with E-state index in [2.05, 4.69) is 5.32 Å². The summed E-state index contributed by atoms with van der Waals surface area (Å²) in [7, 11) is 1.60. The molecule has 11 nitrogen and oxygen atoms in total. The number of ether oxygens (including phenoxy) is 3. The van der Waals surface area contributed by atoms with Gasteiger partial charge in [0.05, 0.1) is 17.6 Å². The van der Waals surface area contributed by atoms with E-state index in [-0.39, 0.29) is 37.6 Å². The van der Waals surface area contributed by atoms with Gasteiger partial charge in [-0.2, -0.15) is 0 Å². The predicted octanol–water partition coefficient (Wildman–Crippen LogP) is 1.32. The number of amides is 3. The molecule has 3 amide bonds. The minimum absolute atomic E-state index is 0.133. The molecular weight excluding hydrogens is 466 g/mol. The molecule has 5 unspecified atom stereocenters. The smallest absolute Gasteiger partial charge is 0.407 e. The second-order valence-electron chi connectivity index (χ2n) is 9.59. The molecule has 1 aliphatic carbocycles. The van der Waals surface area contributed by atoms with Gasteiger partial charge in [-0.25, -0.2) is 14.8 Å². The Morgan fingerprint density at radius 3 is 2.67 bits per heavy atom. The van der Waals surface area contributed by atoms with Gasteiger partial charge in [-0.1, -0.05) is 25.0 Å². The van der Waals surface area contributed by atoms with E-state index < -0.39 is 30.1 Å². The van der Waals surface area contributed by atoms with E-state index in [1.807, 2.05) is 24.3 Å². The van der Waals surface area contributed by atoms with E-state index >= 15 is 0 Å². The van der Waals surface area contributed by atoms with Gasteiger partial charge in [0.2, 0.25) is 17.7 Å². The number of aryl methyl sites for hydroxylation is 1. The summed E-state index contributed by atoms with van der Waals surface area (Å²) in [5.74, 6) is -0.520. The Morgan fingerprint density at radius 2 is 1.92 bits per heavy atom. The van der Waals surface area contributed by atoms with Crippen LogP contribution in [0.15, 0.2) is 24.3 Å². The van der Waals surface area contributed by atoms with Crippen LogP contribution in [0.25, 0.3) is 11.0 Å². The highest BCUT2D eigenvalue weighted by Crippen LogP contribution is 2.41. The lowest BCUT2D eigenvalue weighted by atomic mass is 10.1. The maximum atomic E-state index is 12.9. The highest BCUT2D eigenvalue weighted by Gasteiger charge is 2.53. The average molecular weight is 498 g/mol. The first kappa shape index (κ1) is 24.2. The largest absolute Gasteiger partial charge is 0.471 e. The average Bonchev–Trinajstić information content (AvgIpc) is 3.33. The Hall–Kier alpha value is -3.47. The zero-order valence-corrected chi connectivity index (χ0v) is 20.2. The number of carbonyl (C=O) groups is 3. The molecule has 1 saturated carbocycles. The Bertz CT molecular complexity index is 1160. The molecule has 0 spiro atoms. The molecule has 5 atom stereocenters. The molecule has 3 N–H and O–H groups in total. The van der Waals surface area contributed by atoms with Crippen molar-refractivity contribution in [3.63, 3.8) is 0 Å². The van der Waals surface area contributed by atoms with Gasteiger partial charge in [-0.15, -0.1) is 0 Å². The van der Waals surface area contributed by atoms with Crippen LogP contribution in [0, 0.1) is 5.92 Å². The van der Waals surface area contributed by atoms with Gasteiger partial charge in [0.15, 0.2) is 0 Å². The maximum Gasteiger partial charge on any atom is 0.407 e. The first-order chi connectivity index (χ1) is 17.4. The van der Waals surface area contributed by atoms with Crippen LogP contribution in [0.4, 0.5) is 4.79 Å². The van der Waals surface area contributed by atoms with Crippen LogP contribution < -0.4 is 15.8 Å². The van der Waals surface area contributed by atoms with Gasteiger partial charge in [-0.05, 0) is 31.4 Å². The molecule has 36 heavy (non-hydrogen) atoms. The van der Waals surface area contributed by atoms with Gasteiger partial charge >= 0.3 is 6.09 Å². The van der Waals surface area contributed by atoms with Crippen molar-refractivity contribution < 1.29 is 28.6 Å². The lowest BCUT2D eigenvalue weighted by Gasteiger charge is -2.22. The Morgan fingerprint density at radius 1 is 1.14 bits per heavy atom. The van der Waals surface area contributed by atoms with Crippen LogP contribution in [0.2, 0.25) is 0 Å². The first-order valence-electron chi connectivity index (χ1n) is 12.4.